The Bertz CT molecular complexity index is 584. The van der Waals surface area contributed by atoms with Crippen molar-refractivity contribution in [3.05, 3.63) is 47.8 Å². The molecule has 3 nitrogen and oxygen atoms in total. The van der Waals surface area contributed by atoms with E-state index in [0.29, 0.717) is 23.6 Å². The first-order chi connectivity index (χ1) is 9.19. The van der Waals surface area contributed by atoms with Crippen LogP contribution in [0.5, 0.6) is 11.5 Å². The summed E-state index contributed by atoms with van der Waals surface area (Å²) in [4.78, 5) is 0. The molecule has 0 bridgehead atoms. The molecule has 0 saturated carbocycles. The van der Waals surface area contributed by atoms with Gasteiger partial charge in [-0.2, -0.15) is 0 Å². The summed E-state index contributed by atoms with van der Waals surface area (Å²) in [6, 6.07) is 10.1. The molecule has 2 aromatic rings. The normalized spacial score (nSPS) is 10.3. The summed E-state index contributed by atoms with van der Waals surface area (Å²) in [5.74, 6) is 0.892. The van der Waals surface area contributed by atoms with Gasteiger partial charge in [-0.15, -0.1) is 0 Å². The Hall–Kier alpha value is -2.07. The fourth-order valence-corrected chi connectivity index (χ4v) is 1.92. The van der Waals surface area contributed by atoms with Gasteiger partial charge in [0.1, 0.15) is 5.82 Å². The molecule has 0 heterocycles. The van der Waals surface area contributed by atoms with E-state index in [2.05, 4.69) is 0 Å². The lowest BCUT2D eigenvalue weighted by molar-refractivity contribution is 0.355. The van der Waals surface area contributed by atoms with Crippen LogP contribution in [-0.2, 0) is 6.54 Å². The molecule has 0 fully saturated rings. The van der Waals surface area contributed by atoms with Crippen molar-refractivity contribution in [2.45, 2.75) is 6.54 Å². The Balaban J connectivity index is 2.52. The average molecular weight is 261 g/mol. The van der Waals surface area contributed by atoms with Crippen LogP contribution in [-0.4, -0.2) is 14.2 Å². The minimum absolute atomic E-state index is 0.288. The Morgan fingerprint density at radius 1 is 1.00 bits per heavy atom. The quantitative estimate of drug-likeness (QED) is 0.920. The molecule has 19 heavy (non-hydrogen) atoms. The summed E-state index contributed by atoms with van der Waals surface area (Å²) in [6.07, 6.45) is 0. The summed E-state index contributed by atoms with van der Waals surface area (Å²) in [7, 11) is 3.11. The molecule has 0 aliphatic rings. The Morgan fingerprint density at radius 3 is 2.37 bits per heavy atom. The summed E-state index contributed by atoms with van der Waals surface area (Å²) in [5.41, 5.74) is 7.69. The lowest BCUT2D eigenvalue weighted by Crippen LogP contribution is -1.98. The maximum absolute atomic E-state index is 13.9. The molecule has 0 saturated heterocycles. The van der Waals surface area contributed by atoms with Gasteiger partial charge in [0, 0.05) is 12.1 Å². The zero-order valence-electron chi connectivity index (χ0n) is 10.9. The molecule has 4 heteroatoms. The van der Waals surface area contributed by atoms with E-state index in [9.17, 15) is 4.39 Å². The Kier molecular flexibility index (Phi) is 4.02. The second-order valence-corrected chi connectivity index (χ2v) is 4.09. The van der Waals surface area contributed by atoms with Gasteiger partial charge in [-0.05, 0) is 35.4 Å². The van der Waals surface area contributed by atoms with Crippen molar-refractivity contribution in [3.8, 4) is 22.6 Å². The fraction of sp³-hybridized carbons (Fsp3) is 0.200. The Morgan fingerprint density at radius 2 is 1.74 bits per heavy atom. The van der Waals surface area contributed by atoms with Gasteiger partial charge in [0.15, 0.2) is 11.5 Å². The van der Waals surface area contributed by atoms with Crippen LogP contribution in [0.2, 0.25) is 0 Å². The van der Waals surface area contributed by atoms with Crippen molar-refractivity contribution in [1.82, 2.24) is 0 Å². The summed E-state index contributed by atoms with van der Waals surface area (Å²) < 4.78 is 24.3. The molecule has 0 aromatic heterocycles. The van der Waals surface area contributed by atoms with Gasteiger partial charge < -0.3 is 15.2 Å². The average Bonchev–Trinajstić information content (AvgIpc) is 2.47. The molecule has 2 N–H and O–H groups in total. The zero-order valence-corrected chi connectivity index (χ0v) is 10.9. The number of nitrogens with two attached hydrogens (primary N) is 1. The molecular weight excluding hydrogens is 245 g/mol. The van der Waals surface area contributed by atoms with Gasteiger partial charge in [0.25, 0.3) is 0 Å². The summed E-state index contributed by atoms with van der Waals surface area (Å²) >= 11 is 0. The van der Waals surface area contributed by atoms with E-state index in [-0.39, 0.29) is 5.82 Å². The highest BCUT2D eigenvalue weighted by atomic mass is 19.1. The molecular formula is C15H16FNO2. The van der Waals surface area contributed by atoms with E-state index < -0.39 is 0 Å². The van der Waals surface area contributed by atoms with Crippen LogP contribution in [0.1, 0.15) is 5.56 Å². The van der Waals surface area contributed by atoms with Crippen molar-refractivity contribution in [3.63, 3.8) is 0 Å². The van der Waals surface area contributed by atoms with Crippen LogP contribution < -0.4 is 15.2 Å². The smallest absolute Gasteiger partial charge is 0.161 e. The van der Waals surface area contributed by atoms with Crippen molar-refractivity contribution in [1.29, 1.82) is 0 Å². The van der Waals surface area contributed by atoms with E-state index in [1.165, 1.54) is 6.07 Å². The predicted molar refractivity (Wildman–Crippen MR) is 72.8 cm³/mol. The minimum Gasteiger partial charge on any atom is -0.493 e. The van der Waals surface area contributed by atoms with Crippen LogP contribution in [0, 0.1) is 5.82 Å². The lowest BCUT2D eigenvalue weighted by Gasteiger charge is -2.11. The van der Waals surface area contributed by atoms with Gasteiger partial charge in [-0.25, -0.2) is 4.39 Å². The first kappa shape index (κ1) is 13.4. The second kappa shape index (κ2) is 5.71. The molecule has 2 aromatic carbocycles. The molecule has 0 spiro atoms. The van der Waals surface area contributed by atoms with E-state index >= 15 is 0 Å². The van der Waals surface area contributed by atoms with Crippen LogP contribution >= 0.6 is 0 Å². The largest absolute Gasteiger partial charge is 0.493 e. The highest BCUT2D eigenvalue weighted by Gasteiger charge is 2.10. The van der Waals surface area contributed by atoms with Crippen molar-refractivity contribution in [2.24, 2.45) is 5.73 Å². The molecule has 0 atom stereocenters. The summed E-state index contributed by atoms with van der Waals surface area (Å²) in [6.45, 7) is 0.376. The van der Waals surface area contributed by atoms with E-state index in [4.69, 9.17) is 15.2 Å². The molecule has 0 amide bonds. The standard InChI is InChI=1S/C15H16FNO2/c1-18-14-6-4-11(8-15(14)19-2)12-7-10(9-17)3-5-13(12)16/h3-8H,9,17H2,1-2H3. The van der Waals surface area contributed by atoms with Gasteiger partial charge in [0.05, 0.1) is 14.2 Å². The van der Waals surface area contributed by atoms with Crippen LogP contribution in [0.3, 0.4) is 0 Å². The SMILES string of the molecule is COc1ccc(-c2cc(CN)ccc2F)cc1OC. The molecule has 0 radical (unpaired) electrons. The van der Waals surface area contributed by atoms with Crippen LogP contribution in [0.25, 0.3) is 11.1 Å². The number of hydrogen-bond donors (Lipinski definition) is 1. The molecule has 2 rings (SSSR count). The van der Waals surface area contributed by atoms with Crippen molar-refractivity contribution < 1.29 is 13.9 Å². The van der Waals surface area contributed by atoms with Crippen LogP contribution in [0.4, 0.5) is 4.39 Å². The first-order valence-corrected chi connectivity index (χ1v) is 5.90. The van der Waals surface area contributed by atoms with E-state index in [0.717, 1.165) is 11.1 Å². The molecule has 0 aliphatic heterocycles. The number of rotatable bonds is 4. The topological polar surface area (TPSA) is 44.5 Å². The number of ether oxygens (including phenoxy) is 2. The molecule has 0 unspecified atom stereocenters. The zero-order chi connectivity index (χ0) is 13.8. The number of benzene rings is 2. The van der Waals surface area contributed by atoms with Gasteiger partial charge in [-0.1, -0.05) is 12.1 Å². The van der Waals surface area contributed by atoms with E-state index in [1.807, 2.05) is 0 Å². The Labute approximate surface area is 111 Å². The molecule has 0 aliphatic carbocycles. The number of methoxy groups -OCH3 is 2. The fourth-order valence-electron chi connectivity index (χ4n) is 1.92. The highest BCUT2D eigenvalue weighted by Crippen LogP contribution is 2.33. The van der Waals surface area contributed by atoms with Crippen molar-refractivity contribution >= 4 is 0 Å². The second-order valence-electron chi connectivity index (χ2n) is 4.09. The predicted octanol–water partition coefficient (Wildman–Crippen LogP) is 2.97. The van der Waals surface area contributed by atoms with E-state index in [1.54, 1.807) is 44.6 Å². The number of halogens is 1. The molecule has 100 valence electrons. The monoisotopic (exact) mass is 261 g/mol. The van der Waals surface area contributed by atoms with Gasteiger partial charge >= 0.3 is 0 Å². The van der Waals surface area contributed by atoms with Gasteiger partial charge in [-0.3, -0.25) is 0 Å². The van der Waals surface area contributed by atoms with Crippen LogP contribution in [0.15, 0.2) is 36.4 Å². The summed E-state index contributed by atoms with van der Waals surface area (Å²) in [5, 5.41) is 0. The van der Waals surface area contributed by atoms with Gasteiger partial charge in [0.2, 0.25) is 0 Å². The third-order valence-corrected chi connectivity index (χ3v) is 2.96. The maximum atomic E-state index is 13.9. The minimum atomic E-state index is -0.288. The van der Waals surface area contributed by atoms with Crippen molar-refractivity contribution in [2.75, 3.05) is 14.2 Å². The lowest BCUT2D eigenvalue weighted by atomic mass is 10.0. The first-order valence-electron chi connectivity index (χ1n) is 5.90. The third kappa shape index (κ3) is 2.69. The highest BCUT2D eigenvalue weighted by molar-refractivity contribution is 5.68. The number of hydrogen-bond acceptors (Lipinski definition) is 3. The maximum Gasteiger partial charge on any atom is 0.161 e. The third-order valence-electron chi connectivity index (χ3n) is 2.96.